The van der Waals surface area contributed by atoms with Crippen molar-refractivity contribution >= 4 is 5.91 Å². The number of likely N-dealkylation sites (tertiary alicyclic amines) is 1. The largest absolute Gasteiger partial charge is 0.494 e. The van der Waals surface area contributed by atoms with Crippen LogP contribution in [-0.4, -0.2) is 60.3 Å². The Morgan fingerprint density at radius 3 is 2.62 bits per heavy atom. The monoisotopic (exact) mass is 468 g/mol. The standard InChI is InChI=1S/C25H29FN4O4/c1-2-32-21-9-11-22(12-10-21)33-15-13-27-23(31)17-30-14-3-4-19(16-30)25-28-24(29-34-25)18-5-7-20(26)8-6-18/h5-12,19H,2-4,13-17H2,1H3,(H,27,31). The van der Waals surface area contributed by atoms with Crippen molar-refractivity contribution in [1.82, 2.24) is 20.4 Å². The molecule has 4 rings (SSSR count). The van der Waals surface area contributed by atoms with E-state index < -0.39 is 0 Å². The molecule has 1 amide bonds. The van der Waals surface area contributed by atoms with E-state index in [9.17, 15) is 9.18 Å². The summed E-state index contributed by atoms with van der Waals surface area (Å²) in [5, 5.41) is 6.94. The molecule has 0 bridgehead atoms. The first-order valence-electron chi connectivity index (χ1n) is 11.5. The highest BCUT2D eigenvalue weighted by Gasteiger charge is 2.27. The molecule has 1 fully saturated rings. The Hall–Kier alpha value is -3.46. The number of rotatable bonds is 10. The first-order chi connectivity index (χ1) is 16.6. The number of nitrogens with zero attached hydrogens (tertiary/aromatic N) is 3. The van der Waals surface area contributed by atoms with Gasteiger partial charge in [0.25, 0.3) is 0 Å². The number of hydrogen-bond donors (Lipinski definition) is 1. The predicted molar refractivity (Wildman–Crippen MR) is 124 cm³/mol. The average Bonchev–Trinajstić information content (AvgIpc) is 3.34. The van der Waals surface area contributed by atoms with E-state index in [4.69, 9.17) is 14.0 Å². The lowest BCUT2D eigenvalue weighted by molar-refractivity contribution is -0.122. The van der Waals surface area contributed by atoms with Crippen molar-refractivity contribution in [3.63, 3.8) is 0 Å². The van der Waals surface area contributed by atoms with Gasteiger partial charge in [-0.05, 0) is 74.8 Å². The van der Waals surface area contributed by atoms with Gasteiger partial charge >= 0.3 is 0 Å². The van der Waals surface area contributed by atoms with Crippen LogP contribution in [0.25, 0.3) is 11.4 Å². The highest BCUT2D eigenvalue weighted by Crippen LogP contribution is 2.27. The first-order valence-corrected chi connectivity index (χ1v) is 11.5. The summed E-state index contributed by atoms with van der Waals surface area (Å²) in [5.41, 5.74) is 0.705. The van der Waals surface area contributed by atoms with Gasteiger partial charge in [0.2, 0.25) is 17.6 Å². The number of hydrogen-bond acceptors (Lipinski definition) is 7. The second-order valence-corrected chi connectivity index (χ2v) is 8.14. The van der Waals surface area contributed by atoms with E-state index >= 15 is 0 Å². The van der Waals surface area contributed by atoms with Gasteiger partial charge in [-0.3, -0.25) is 9.69 Å². The SMILES string of the molecule is CCOc1ccc(OCCNC(=O)CN2CCCC(c3nc(-c4ccc(F)cc4)no3)C2)cc1. The van der Waals surface area contributed by atoms with E-state index in [2.05, 4.69) is 20.4 Å². The smallest absolute Gasteiger partial charge is 0.234 e. The molecule has 34 heavy (non-hydrogen) atoms. The van der Waals surface area contributed by atoms with Crippen LogP contribution in [0.1, 0.15) is 31.6 Å². The minimum atomic E-state index is -0.309. The molecule has 3 aromatic rings. The summed E-state index contributed by atoms with van der Waals surface area (Å²) in [4.78, 5) is 19.0. The molecule has 8 nitrogen and oxygen atoms in total. The molecule has 0 spiro atoms. The predicted octanol–water partition coefficient (Wildman–Crippen LogP) is 3.65. The maximum Gasteiger partial charge on any atom is 0.234 e. The Labute approximate surface area is 198 Å². The van der Waals surface area contributed by atoms with Gasteiger partial charge in [0.05, 0.1) is 25.6 Å². The van der Waals surface area contributed by atoms with Gasteiger partial charge in [-0.1, -0.05) is 5.16 Å². The van der Waals surface area contributed by atoms with Crippen LogP contribution in [0, 0.1) is 5.82 Å². The number of ether oxygens (including phenoxy) is 2. The van der Waals surface area contributed by atoms with Crippen LogP contribution in [-0.2, 0) is 4.79 Å². The van der Waals surface area contributed by atoms with Gasteiger partial charge in [-0.2, -0.15) is 4.98 Å². The van der Waals surface area contributed by atoms with E-state index in [1.807, 2.05) is 31.2 Å². The first kappa shape index (κ1) is 23.7. The minimum Gasteiger partial charge on any atom is -0.494 e. The van der Waals surface area contributed by atoms with Gasteiger partial charge in [-0.15, -0.1) is 0 Å². The second-order valence-electron chi connectivity index (χ2n) is 8.14. The lowest BCUT2D eigenvalue weighted by atomic mass is 9.98. The Morgan fingerprint density at radius 2 is 1.88 bits per heavy atom. The minimum absolute atomic E-state index is 0.0477. The average molecular weight is 469 g/mol. The molecule has 2 aromatic carbocycles. The molecule has 1 aliphatic rings. The molecule has 1 unspecified atom stereocenters. The van der Waals surface area contributed by atoms with Gasteiger partial charge < -0.3 is 19.3 Å². The highest BCUT2D eigenvalue weighted by molar-refractivity contribution is 5.78. The molecule has 180 valence electrons. The lowest BCUT2D eigenvalue weighted by Crippen LogP contribution is -2.42. The van der Waals surface area contributed by atoms with Gasteiger partial charge in [0, 0.05) is 12.1 Å². The lowest BCUT2D eigenvalue weighted by Gasteiger charge is -2.30. The van der Waals surface area contributed by atoms with Crippen molar-refractivity contribution < 1.29 is 23.2 Å². The third-order valence-corrected chi connectivity index (χ3v) is 5.59. The number of halogens is 1. The molecule has 9 heteroatoms. The fourth-order valence-corrected chi connectivity index (χ4v) is 3.94. The molecule has 1 aromatic heterocycles. The van der Waals surface area contributed by atoms with Gasteiger partial charge in [0.1, 0.15) is 23.9 Å². The van der Waals surface area contributed by atoms with Crippen LogP contribution in [0.15, 0.2) is 53.1 Å². The zero-order valence-electron chi connectivity index (χ0n) is 19.2. The number of piperidine rings is 1. The fraction of sp³-hybridized carbons (Fsp3) is 0.400. The van der Waals surface area contributed by atoms with Crippen molar-refractivity contribution in [2.75, 3.05) is 39.4 Å². The van der Waals surface area contributed by atoms with Crippen molar-refractivity contribution in [3.05, 3.63) is 60.2 Å². The van der Waals surface area contributed by atoms with Crippen LogP contribution in [0.3, 0.4) is 0 Å². The Morgan fingerprint density at radius 1 is 1.15 bits per heavy atom. The van der Waals surface area contributed by atoms with Gasteiger partial charge in [-0.25, -0.2) is 4.39 Å². The van der Waals surface area contributed by atoms with E-state index in [-0.39, 0.29) is 17.6 Å². The third kappa shape index (κ3) is 6.54. The number of carbonyl (C=O) groups excluding carboxylic acids is 1. The summed E-state index contributed by atoms with van der Waals surface area (Å²) >= 11 is 0. The molecule has 1 saturated heterocycles. The summed E-state index contributed by atoms with van der Waals surface area (Å²) in [6.45, 7) is 5.18. The molecule has 0 saturated carbocycles. The summed E-state index contributed by atoms with van der Waals surface area (Å²) < 4.78 is 29.7. The maximum atomic E-state index is 13.1. The number of aromatic nitrogens is 2. The highest BCUT2D eigenvalue weighted by atomic mass is 19.1. The zero-order valence-corrected chi connectivity index (χ0v) is 19.2. The van der Waals surface area contributed by atoms with E-state index in [0.717, 1.165) is 30.9 Å². The van der Waals surface area contributed by atoms with Gasteiger partial charge in [0.15, 0.2) is 0 Å². The molecule has 1 atom stereocenters. The fourth-order valence-electron chi connectivity index (χ4n) is 3.94. The normalized spacial score (nSPS) is 16.2. The van der Waals surface area contributed by atoms with Crippen LogP contribution < -0.4 is 14.8 Å². The second kappa shape index (κ2) is 11.6. The summed E-state index contributed by atoms with van der Waals surface area (Å²) in [6, 6.07) is 13.4. The van der Waals surface area contributed by atoms with Crippen molar-refractivity contribution in [1.29, 1.82) is 0 Å². The molecule has 0 aliphatic carbocycles. The van der Waals surface area contributed by atoms with E-state index in [1.54, 1.807) is 12.1 Å². The number of carbonyl (C=O) groups is 1. The summed E-state index contributed by atoms with van der Waals surface area (Å²) in [6.07, 6.45) is 1.85. The number of nitrogens with one attached hydrogen (secondary N) is 1. The molecular formula is C25H29FN4O4. The van der Waals surface area contributed by atoms with Crippen LogP contribution >= 0.6 is 0 Å². The van der Waals surface area contributed by atoms with Crippen LogP contribution in [0.5, 0.6) is 11.5 Å². The topological polar surface area (TPSA) is 89.7 Å². The molecular weight excluding hydrogens is 439 g/mol. The van der Waals surface area contributed by atoms with Crippen molar-refractivity contribution in [2.24, 2.45) is 0 Å². The van der Waals surface area contributed by atoms with Crippen molar-refractivity contribution in [2.45, 2.75) is 25.7 Å². The maximum absolute atomic E-state index is 13.1. The van der Waals surface area contributed by atoms with E-state index in [1.165, 1.54) is 12.1 Å². The van der Waals surface area contributed by atoms with Crippen LogP contribution in [0.4, 0.5) is 4.39 Å². The van der Waals surface area contributed by atoms with E-state index in [0.29, 0.717) is 50.1 Å². The third-order valence-electron chi connectivity index (χ3n) is 5.59. The number of amides is 1. The molecule has 0 radical (unpaired) electrons. The Kier molecular flexibility index (Phi) is 8.08. The number of benzene rings is 2. The Balaban J connectivity index is 1.20. The zero-order chi connectivity index (χ0) is 23.8. The summed E-state index contributed by atoms with van der Waals surface area (Å²) in [5.74, 6) is 2.23. The van der Waals surface area contributed by atoms with Crippen LogP contribution in [0.2, 0.25) is 0 Å². The molecule has 2 heterocycles. The van der Waals surface area contributed by atoms with Crippen molar-refractivity contribution in [3.8, 4) is 22.9 Å². The summed E-state index contributed by atoms with van der Waals surface area (Å²) in [7, 11) is 0. The molecule has 1 N–H and O–H groups in total. The Bertz CT molecular complexity index is 1060. The molecule has 1 aliphatic heterocycles. The quantitative estimate of drug-likeness (QED) is 0.454.